The minimum absolute atomic E-state index is 0.0283. The summed E-state index contributed by atoms with van der Waals surface area (Å²) in [6.07, 6.45) is 5.15. The van der Waals surface area contributed by atoms with Crippen LogP contribution in [-0.2, 0) is 11.3 Å². The van der Waals surface area contributed by atoms with Crippen LogP contribution in [0.15, 0.2) is 41.8 Å². The van der Waals surface area contributed by atoms with Crippen LogP contribution in [0.2, 0.25) is 5.02 Å². The molecule has 4 rings (SSSR count). The molecule has 2 heterocycles. The lowest BCUT2D eigenvalue weighted by molar-refractivity contribution is -0.127. The van der Waals surface area contributed by atoms with Crippen LogP contribution in [0, 0.1) is 0 Å². The number of anilines is 1. The highest BCUT2D eigenvalue weighted by Gasteiger charge is 2.36. The van der Waals surface area contributed by atoms with Crippen molar-refractivity contribution in [3.63, 3.8) is 0 Å². The molecular weight excluding hydrogens is 554 g/mol. The van der Waals surface area contributed by atoms with Gasteiger partial charge in [-0.3, -0.25) is 14.4 Å². The minimum Gasteiger partial charge on any atom is -0.395 e. The van der Waals surface area contributed by atoms with Crippen LogP contribution < -0.4 is 16.4 Å². The second kappa shape index (κ2) is 12.5. The Morgan fingerprint density at radius 3 is 2.44 bits per heavy atom. The van der Waals surface area contributed by atoms with Crippen LogP contribution >= 0.6 is 34.5 Å². The van der Waals surface area contributed by atoms with Crippen LogP contribution in [-0.4, -0.2) is 38.6 Å². The van der Waals surface area contributed by atoms with Gasteiger partial charge in [0.1, 0.15) is 10.9 Å². The number of thiophene rings is 1. The molecule has 1 saturated carbocycles. The summed E-state index contributed by atoms with van der Waals surface area (Å²) in [5, 5.41) is 8.46. The molecule has 11 heteroatoms. The molecule has 2 aromatic heterocycles. The maximum atomic E-state index is 14.2. The Bertz CT molecular complexity index is 1300. The summed E-state index contributed by atoms with van der Waals surface area (Å²) in [7, 11) is 0. The Labute approximate surface area is 242 Å². The molecule has 0 spiro atoms. The van der Waals surface area contributed by atoms with Crippen LogP contribution in [0.5, 0.6) is 0 Å². The molecule has 0 aliphatic heterocycles. The maximum absolute atomic E-state index is 14.2. The summed E-state index contributed by atoms with van der Waals surface area (Å²) in [4.78, 5) is 43.4. The predicted molar refractivity (Wildman–Crippen MR) is 157 cm³/mol. The number of benzene rings is 1. The Morgan fingerprint density at radius 1 is 1.13 bits per heavy atom. The first-order valence-corrected chi connectivity index (χ1v) is 15.0. The Kier molecular flexibility index (Phi) is 9.30. The predicted octanol–water partition coefficient (Wildman–Crippen LogP) is 5.80. The van der Waals surface area contributed by atoms with Gasteiger partial charge in [-0.25, -0.2) is 0 Å². The molecule has 4 N–H and O–H groups in total. The van der Waals surface area contributed by atoms with Crippen molar-refractivity contribution in [3.8, 4) is 0 Å². The summed E-state index contributed by atoms with van der Waals surface area (Å²) in [5.41, 5.74) is 6.53. The van der Waals surface area contributed by atoms with Crippen LogP contribution in [0.3, 0.4) is 0 Å². The number of carbonyl (C=O) groups is 3. The zero-order valence-electron chi connectivity index (χ0n) is 22.3. The van der Waals surface area contributed by atoms with Crippen molar-refractivity contribution in [1.82, 2.24) is 19.9 Å². The maximum Gasteiger partial charge on any atom is 0.273 e. The molecule has 1 aromatic carbocycles. The highest BCUT2D eigenvalue weighted by atomic mass is 35.5. The largest absolute Gasteiger partial charge is 0.395 e. The van der Waals surface area contributed by atoms with Gasteiger partial charge in [-0.05, 0) is 74.3 Å². The third-order valence-corrected chi connectivity index (χ3v) is 8.45. The van der Waals surface area contributed by atoms with E-state index in [1.54, 1.807) is 24.3 Å². The highest BCUT2D eigenvalue weighted by Crippen LogP contribution is 2.32. The average Bonchev–Trinajstić information content (AvgIpc) is 3.53. The fourth-order valence-corrected chi connectivity index (χ4v) is 6.24. The topological polar surface area (TPSA) is 117 Å². The second-order valence-corrected chi connectivity index (χ2v) is 13.0. The molecular formula is C28H34ClN5O3S2. The van der Waals surface area contributed by atoms with Crippen molar-refractivity contribution in [2.45, 2.75) is 77.0 Å². The van der Waals surface area contributed by atoms with Crippen molar-refractivity contribution in [2.75, 3.05) is 5.73 Å². The van der Waals surface area contributed by atoms with E-state index in [-0.39, 0.29) is 40.7 Å². The van der Waals surface area contributed by atoms with Gasteiger partial charge in [-0.1, -0.05) is 49.1 Å². The van der Waals surface area contributed by atoms with Gasteiger partial charge in [0.05, 0.1) is 12.2 Å². The smallest absolute Gasteiger partial charge is 0.273 e. The lowest BCUT2D eigenvalue weighted by atomic mass is 9.95. The molecule has 1 atom stereocenters. The number of nitrogens with one attached hydrogen (secondary N) is 2. The quantitative estimate of drug-likeness (QED) is 0.308. The van der Waals surface area contributed by atoms with Gasteiger partial charge < -0.3 is 21.3 Å². The molecule has 0 saturated heterocycles. The summed E-state index contributed by atoms with van der Waals surface area (Å²) in [6.45, 7) is 5.82. The normalized spacial score (nSPS) is 15.0. The zero-order chi connectivity index (χ0) is 28.2. The number of hydrogen-bond donors (Lipinski definition) is 3. The molecule has 3 amide bonds. The minimum atomic E-state index is -0.975. The van der Waals surface area contributed by atoms with Crippen molar-refractivity contribution in [2.24, 2.45) is 0 Å². The fourth-order valence-electron chi connectivity index (χ4n) is 4.65. The number of halogens is 1. The third-order valence-electron chi connectivity index (χ3n) is 6.49. The number of nitrogens with zero attached hydrogens (tertiary/aromatic N) is 2. The molecule has 0 radical (unpaired) electrons. The molecule has 1 aliphatic rings. The Balaban J connectivity index is 1.70. The molecule has 1 fully saturated rings. The first-order valence-electron chi connectivity index (χ1n) is 13.0. The van der Waals surface area contributed by atoms with Crippen molar-refractivity contribution in [1.29, 1.82) is 0 Å². The van der Waals surface area contributed by atoms with Gasteiger partial charge >= 0.3 is 0 Å². The van der Waals surface area contributed by atoms with Gasteiger partial charge in [-0.15, -0.1) is 11.3 Å². The number of carbonyl (C=O) groups excluding carboxylic acids is 3. The second-order valence-electron chi connectivity index (χ2n) is 10.8. The summed E-state index contributed by atoms with van der Waals surface area (Å²) < 4.78 is 4.27. The van der Waals surface area contributed by atoms with Gasteiger partial charge in [0.15, 0.2) is 5.69 Å². The number of nitrogen functional groups attached to an aromatic ring is 1. The Morgan fingerprint density at radius 2 is 1.82 bits per heavy atom. The summed E-state index contributed by atoms with van der Waals surface area (Å²) in [5.74, 6) is -1.19. The molecule has 1 unspecified atom stereocenters. The summed E-state index contributed by atoms with van der Waals surface area (Å²) >= 11 is 8.50. The SMILES string of the molecule is CC(C)(C)NC(=O)C(c1ccc(Cl)cc1)N(Cc1cccs1)C(=O)c1snc(C(=O)NC2CCCCC2)c1N. The van der Waals surface area contributed by atoms with E-state index < -0.39 is 17.5 Å². The number of amides is 3. The van der Waals surface area contributed by atoms with E-state index in [0.717, 1.165) is 42.1 Å². The van der Waals surface area contributed by atoms with Gasteiger partial charge in [0.25, 0.3) is 11.8 Å². The lowest BCUT2D eigenvalue weighted by Gasteiger charge is -2.33. The molecule has 3 aromatic rings. The zero-order valence-corrected chi connectivity index (χ0v) is 24.7. The average molecular weight is 588 g/mol. The molecule has 1 aliphatic carbocycles. The first-order chi connectivity index (χ1) is 18.5. The molecule has 8 nitrogen and oxygen atoms in total. The van der Waals surface area contributed by atoms with Crippen LogP contribution in [0.1, 0.15) is 89.5 Å². The van der Waals surface area contributed by atoms with Gasteiger partial charge in [0.2, 0.25) is 5.91 Å². The van der Waals surface area contributed by atoms with E-state index in [4.69, 9.17) is 17.3 Å². The van der Waals surface area contributed by atoms with Crippen LogP contribution in [0.4, 0.5) is 5.69 Å². The van der Waals surface area contributed by atoms with E-state index in [9.17, 15) is 14.4 Å². The van der Waals surface area contributed by atoms with Crippen LogP contribution in [0.25, 0.3) is 0 Å². The van der Waals surface area contributed by atoms with Crippen molar-refractivity contribution in [3.05, 3.63) is 67.8 Å². The van der Waals surface area contributed by atoms with E-state index in [2.05, 4.69) is 15.0 Å². The van der Waals surface area contributed by atoms with Crippen molar-refractivity contribution < 1.29 is 14.4 Å². The van der Waals surface area contributed by atoms with Crippen molar-refractivity contribution >= 4 is 57.9 Å². The first kappa shape index (κ1) is 29.0. The molecule has 0 bridgehead atoms. The fraction of sp³-hybridized carbons (Fsp3) is 0.429. The third kappa shape index (κ3) is 7.38. The molecule has 39 heavy (non-hydrogen) atoms. The number of nitrogens with two attached hydrogens (primary N) is 1. The lowest BCUT2D eigenvalue weighted by Crippen LogP contribution is -2.49. The van der Waals surface area contributed by atoms with E-state index in [1.807, 2.05) is 38.3 Å². The Hall–Kier alpha value is -2.95. The number of hydrogen-bond acceptors (Lipinski definition) is 7. The van der Waals surface area contributed by atoms with E-state index in [0.29, 0.717) is 10.6 Å². The molecule has 208 valence electrons. The number of rotatable bonds is 8. The van der Waals surface area contributed by atoms with E-state index >= 15 is 0 Å². The standard InChI is InChI=1S/C28H34ClN5O3S2/c1-28(2,3)32-26(36)23(17-11-13-18(29)14-12-17)34(16-20-10-7-15-38-20)27(37)24-21(30)22(33-39-24)25(35)31-19-8-5-4-6-9-19/h7,10-15,19,23H,4-6,8-9,16,30H2,1-3H3,(H,31,35)(H,32,36). The number of aromatic nitrogens is 1. The van der Waals surface area contributed by atoms with Gasteiger partial charge in [-0.2, -0.15) is 4.37 Å². The summed E-state index contributed by atoms with van der Waals surface area (Å²) in [6, 6.07) is 9.77. The van der Waals surface area contributed by atoms with Gasteiger partial charge in [0, 0.05) is 21.5 Å². The van der Waals surface area contributed by atoms with E-state index in [1.165, 1.54) is 22.7 Å². The highest BCUT2D eigenvalue weighted by molar-refractivity contribution is 7.10. The monoisotopic (exact) mass is 587 g/mol.